The monoisotopic (exact) mass is 698 g/mol. The SMILES string of the molecule is Cc1ccc[c]2c1C=Cc1c(C)ccc[c]1[Sn]2([CH3])[CH3].Cc1ccc[c]2c1C=Cc1cccc[c]1[Sn]2([CH3])[CH3]. The predicted octanol–water partition coefficient (Wildman–Crippen LogP) is 6.91. The molecule has 0 aliphatic carbocycles. The van der Waals surface area contributed by atoms with E-state index in [1.54, 1.807) is 14.3 Å². The van der Waals surface area contributed by atoms with Crippen molar-refractivity contribution in [2.45, 2.75) is 40.5 Å². The summed E-state index contributed by atoms with van der Waals surface area (Å²) in [4.78, 5) is 10.1. The number of fused-ring (bicyclic) bond motifs is 4. The van der Waals surface area contributed by atoms with Crippen LogP contribution in [0.5, 0.6) is 0 Å². The molecule has 0 radical (unpaired) electrons. The summed E-state index contributed by atoms with van der Waals surface area (Å²) >= 11 is -4.87. The normalized spacial score (nSPS) is 15.6. The van der Waals surface area contributed by atoms with E-state index in [1.807, 2.05) is 0 Å². The summed E-state index contributed by atoms with van der Waals surface area (Å²) in [6.07, 6.45) is 9.28. The third-order valence-corrected chi connectivity index (χ3v) is 28.9. The van der Waals surface area contributed by atoms with Gasteiger partial charge in [-0.2, -0.15) is 0 Å². The van der Waals surface area contributed by atoms with Gasteiger partial charge < -0.3 is 0 Å². The first kappa shape index (κ1) is 26.6. The van der Waals surface area contributed by atoms with Gasteiger partial charge in [-0.3, -0.25) is 0 Å². The van der Waals surface area contributed by atoms with Crippen molar-refractivity contribution >= 4 is 75.4 Å². The molecule has 4 aromatic rings. The van der Waals surface area contributed by atoms with Gasteiger partial charge in [0, 0.05) is 0 Å². The van der Waals surface area contributed by atoms with E-state index in [2.05, 4.69) is 144 Å². The Balaban J connectivity index is 0.000000152. The Bertz CT molecular complexity index is 1490. The Morgan fingerprint density at radius 2 is 0.730 bits per heavy atom. The zero-order chi connectivity index (χ0) is 26.4. The van der Waals surface area contributed by atoms with Crippen LogP contribution in [0.15, 0.2) is 78.9 Å². The molecule has 0 amide bonds. The molecular formula is C35H38Sn2. The van der Waals surface area contributed by atoms with Gasteiger partial charge in [-0.15, -0.1) is 0 Å². The van der Waals surface area contributed by atoms with Crippen LogP contribution in [0.4, 0.5) is 0 Å². The van der Waals surface area contributed by atoms with E-state index in [0.717, 1.165) is 0 Å². The molecule has 0 spiro atoms. The van der Waals surface area contributed by atoms with Gasteiger partial charge >= 0.3 is 234 Å². The van der Waals surface area contributed by atoms with Crippen molar-refractivity contribution in [3.05, 3.63) is 118 Å². The van der Waals surface area contributed by atoms with E-state index in [9.17, 15) is 0 Å². The number of aryl methyl sites for hydroxylation is 3. The number of rotatable bonds is 0. The van der Waals surface area contributed by atoms with Crippen LogP contribution in [0.2, 0.25) is 19.8 Å². The van der Waals surface area contributed by atoms with E-state index in [0.29, 0.717) is 0 Å². The van der Waals surface area contributed by atoms with Crippen LogP contribution in [0, 0.1) is 20.8 Å². The van der Waals surface area contributed by atoms with Crippen molar-refractivity contribution in [1.82, 2.24) is 0 Å². The fourth-order valence-corrected chi connectivity index (χ4v) is 24.4. The molecule has 0 atom stereocenters. The molecule has 0 saturated heterocycles. The Morgan fingerprint density at radius 1 is 0.378 bits per heavy atom. The van der Waals surface area contributed by atoms with Crippen molar-refractivity contribution in [3.8, 4) is 0 Å². The van der Waals surface area contributed by atoms with Crippen LogP contribution in [-0.4, -0.2) is 36.8 Å². The van der Waals surface area contributed by atoms with Crippen LogP contribution < -0.4 is 14.3 Å². The zero-order valence-electron chi connectivity index (χ0n) is 23.3. The van der Waals surface area contributed by atoms with Crippen molar-refractivity contribution in [3.63, 3.8) is 0 Å². The van der Waals surface area contributed by atoms with Crippen molar-refractivity contribution < 1.29 is 0 Å². The Hall–Kier alpha value is -2.04. The van der Waals surface area contributed by atoms with E-state index >= 15 is 0 Å². The number of hydrogen-bond acceptors (Lipinski definition) is 0. The van der Waals surface area contributed by atoms with Gasteiger partial charge in [0.15, 0.2) is 0 Å². The van der Waals surface area contributed by atoms with E-state index < -0.39 is 36.8 Å². The van der Waals surface area contributed by atoms with E-state index in [4.69, 9.17) is 0 Å². The molecule has 4 aromatic carbocycles. The quantitative estimate of drug-likeness (QED) is 0.176. The summed E-state index contributed by atoms with van der Waals surface area (Å²) in [5, 5.41) is 0. The second-order valence-electron chi connectivity index (χ2n) is 11.6. The first-order valence-corrected chi connectivity index (χ1v) is 30.5. The molecule has 186 valence electrons. The Morgan fingerprint density at radius 3 is 1.19 bits per heavy atom. The first-order chi connectivity index (χ1) is 17.6. The molecular weight excluding hydrogens is 658 g/mol. The van der Waals surface area contributed by atoms with Crippen molar-refractivity contribution in [2.75, 3.05) is 0 Å². The van der Waals surface area contributed by atoms with Crippen LogP contribution in [-0.2, 0) is 0 Å². The molecule has 0 aromatic heterocycles. The third kappa shape index (κ3) is 4.80. The predicted molar refractivity (Wildman–Crippen MR) is 171 cm³/mol. The zero-order valence-corrected chi connectivity index (χ0v) is 29.0. The first-order valence-electron chi connectivity index (χ1n) is 13.4. The summed E-state index contributed by atoms with van der Waals surface area (Å²) in [5.74, 6) is 0. The molecule has 0 fully saturated rings. The molecule has 0 unspecified atom stereocenters. The Labute approximate surface area is 231 Å². The van der Waals surface area contributed by atoms with Gasteiger partial charge in [0.25, 0.3) is 0 Å². The molecule has 6 rings (SSSR count). The molecule has 0 saturated carbocycles. The number of hydrogen-bond donors (Lipinski definition) is 0. The summed E-state index contributed by atoms with van der Waals surface area (Å²) in [7, 11) is 0. The summed E-state index contributed by atoms with van der Waals surface area (Å²) in [6, 6.07) is 29.4. The van der Waals surface area contributed by atoms with Gasteiger partial charge in [0.05, 0.1) is 0 Å². The van der Waals surface area contributed by atoms with Crippen molar-refractivity contribution in [2.24, 2.45) is 0 Å². The standard InChI is InChI=1S/C16H14.C15H12.4CH3.2Sn/c1-13-7-3-5-9-15(13)11-12-16-10-6-4-8-14(16)2;1-13-7-5-6-10-15(13)12-11-14-8-3-2-4-9-14;;;;;;/h3-8,11-12H,1-2H3;2-8,11-12H,1H3;4*1H3;;. The molecule has 0 N–H and O–H groups in total. The van der Waals surface area contributed by atoms with Gasteiger partial charge in [-0.05, 0) is 0 Å². The van der Waals surface area contributed by atoms with Gasteiger partial charge in [0.1, 0.15) is 0 Å². The maximum absolute atomic E-state index is 2.54. The van der Waals surface area contributed by atoms with Gasteiger partial charge in [-0.25, -0.2) is 0 Å². The van der Waals surface area contributed by atoms with Crippen LogP contribution in [0.25, 0.3) is 24.3 Å². The Kier molecular flexibility index (Phi) is 7.37. The summed E-state index contributed by atoms with van der Waals surface area (Å²) in [5.41, 5.74) is 10.1. The molecule has 2 heterocycles. The van der Waals surface area contributed by atoms with Gasteiger partial charge in [0.2, 0.25) is 0 Å². The fraction of sp³-hybridized carbons (Fsp3) is 0.200. The average molecular weight is 696 g/mol. The topological polar surface area (TPSA) is 0 Å². The fourth-order valence-electron chi connectivity index (χ4n) is 6.18. The summed E-state index contributed by atoms with van der Waals surface area (Å²) in [6.45, 7) is 6.68. The molecule has 0 nitrogen and oxygen atoms in total. The van der Waals surface area contributed by atoms with Crippen LogP contribution in [0.1, 0.15) is 38.9 Å². The van der Waals surface area contributed by atoms with Crippen LogP contribution >= 0.6 is 0 Å². The molecule has 2 aliphatic heterocycles. The minimum absolute atomic E-state index is 1.40. The molecule has 37 heavy (non-hydrogen) atoms. The second kappa shape index (κ2) is 10.3. The van der Waals surface area contributed by atoms with Crippen LogP contribution in [0.3, 0.4) is 0 Å². The molecule has 2 aliphatic rings. The van der Waals surface area contributed by atoms with Crippen molar-refractivity contribution in [1.29, 1.82) is 0 Å². The summed E-state index contributed by atoms with van der Waals surface area (Å²) < 4.78 is 6.52. The van der Waals surface area contributed by atoms with Gasteiger partial charge in [-0.1, -0.05) is 0 Å². The maximum atomic E-state index is 2.54. The van der Waals surface area contributed by atoms with E-state index in [-0.39, 0.29) is 0 Å². The minimum atomic E-state index is -2.45. The number of benzene rings is 4. The molecule has 2 heteroatoms. The molecule has 0 bridgehead atoms. The average Bonchev–Trinajstić information content (AvgIpc) is 3.07. The second-order valence-corrected chi connectivity index (χ2v) is 36.3. The third-order valence-electron chi connectivity index (χ3n) is 8.47. The van der Waals surface area contributed by atoms with E-state index in [1.165, 1.54) is 38.9 Å².